The van der Waals surface area contributed by atoms with E-state index in [1.54, 1.807) is 4.68 Å². The SMILES string of the molecule is C[C@@H]1CCO[C@@H]1C(=O)N1CCC[C@H](n2cnc(C(N)=O)n2)C1. The standard InChI is InChI=1S/C14H21N5O3/c1-9-4-6-22-11(9)14(21)18-5-2-3-10(7-18)19-8-16-13(17-19)12(15)20/h8-11H,2-7H2,1H3,(H2,15,20)/t9-,10+,11+/m1/s1. The van der Waals surface area contributed by atoms with Crippen LogP contribution in [-0.4, -0.2) is 57.3 Å². The average Bonchev–Trinajstić information content (AvgIpc) is 3.15. The Morgan fingerprint density at radius 1 is 1.41 bits per heavy atom. The van der Waals surface area contributed by atoms with E-state index in [1.807, 2.05) is 11.8 Å². The zero-order chi connectivity index (χ0) is 15.7. The maximum atomic E-state index is 12.6. The molecule has 0 bridgehead atoms. The molecule has 120 valence electrons. The first-order valence-corrected chi connectivity index (χ1v) is 7.67. The zero-order valence-corrected chi connectivity index (χ0v) is 12.6. The van der Waals surface area contributed by atoms with Crippen LogP contribution >= 0.6 is 0 Å². The van der Waals surface area contributed by atoms with E-state index in [-0.39, 0.29) is 29.8 Å². The minimum Gasteiger partial charge on any atom is -0.368 e. The summed E-state index contributed by atoms with van der Waals surface area (Å²) in [5.74, 6) is -0.308. The highest BCUT2D eigenvalue weighted by Gasteiger charge is 2.36. The molecular formula is C14H21N5O3. The van der Waals surface area contributed by atoms with E-state index in [2.05, 4.69) is 10.1 Å². The summed E-state index contributed by atoms with van der Waals surface area (Å²) in [6.45, 7) is 4.00. The number of primary amides is 1. The molecule has 2 aliphatic heterocycles. The molecule has 22 heavy (non-hydrogen) atoms. The first-order valence-electron chi connectivity index (χ1n) is 7.67. The number of rotatable bonds is 3. The van der Waals surface area contributed by atoms with E-state index in [0.29, 0.717) is 13.2 Å². The Hall–Kier alpha value is -1.96. The van der Waals surface area contributed by atoms with Gasteiger partial charge in [-0.15, -0.1) is 5.10 Å². The first kappa shape index (κ1) is 15.0. The van der Waals surface area contributed by atoms with Crippen molar-refractivity contribution in [2.24, 2.45) is 11.7 Å². The highest BCUT2D eigenvalue weighted by molar-refractivity contribution is 5.88. The van der Waals surface area contributed by atoms with Gasteiger partial charge in [0.25, 0.3) is 11.8 Å². The summed E-state index contributed by atoms with van der Waals surface area (Å²) < 4.78 is 7.21. The van der Waals surface area contributed by atoms with Crippen molar-refractivity contribution in [3.05, 3.63) is 12.2 Å². The number of ether oxygens (including phenoxy) is 1. The van der Waals surface area contributed by atoms with Crippen molar-refractivity contribution < 1.29 is 14.3 Å². The lowest BCUT2D eigenvalue weighted by molar-refractivity contribution is -0.144. The molecule has 2 aliphatic rings. The van der Waals surface area contributed by atoms with Crippen LogP contribution in [0, 0.1) is 5.92 Å². The van der Waals surface area contributed by atoms with Crippen LogP contribution in [-0.2, 0) is 9.53 Å². The summed E-state index contributed by atoms with van der Waals surface area (Å²) >= 11 is 0. The van der Waals surface area contributed by atoms with Gasteiger partial charge in [0.2, 0.25) is 5.82 Å². The summed E-state index contributed by atoms with van der Waals surface area (Å²) in [4.78, 5) is 29.4. The number of carbonyl (C=O) groups excluding carboxylic acids is 2. The van der Waals surface area contributed by atoms with Crippen LogP contribution in [0.2, 0.25) is 0 Å². The van der Waals surface area contributed by atoms with E-state index in [0.717, 1.165) is 25.8 Å². The Morgan fingerprint density at radius 3 is 2.86 bits per heavy atom. The van der Waals surface area contributed by atoms with Crippen LogP contribution in [0.15, 0.2) is 6.33 Å². The highest BCUT2D eigenvalue weighted by Crippen LogP contribution is 2.26. The molecule has 3 rings (SSSR count). The van der Waals surface area contributed by atoms with Gasteiger partial charge >= 0.3 is 0 Å². The van der Waals surface area contributed by atoms with E-state index < -0.39 is 5.91 Å². The van der Waals surface area contributed by atoms with Crippen LogP contribution in [0.3, 0.4) is 0 Å². The van der Waals surface area contributed by atoms with Gasteiger partial charge in [0.15, 0.2) is 0 Å². The van der Waals surface area contributed by atoms with Gasteiger partial charge in [-0.25, -0.2) is 9.67 Å². The lowest BCUT2D eigenvalue weighted by atomic mass is 10.0. The topological polar surface area (TPSA) is 103 Å². The number of nitrogens with zero attached hydrogens (tertiary/aromatic N) is 4. The number of hydrogen-bond donors (Lipinski definition) is 1. The van der Waals surface area contributed by atoms with Gasteiger partial charge in [0, 0.05) is 19.7 Å². The largest absolute Gasteiger partial charge is 0.368 e. The molecule has 1 aromatic rings. The van der Waals surface area contributed by atoms with Crippen LogP contribution < -0.4 is 5.73 Å². The van der Waals surface area contributed by atoms with Crippen LogP contribution in [0.1, 0.15) is 42.8 Å². The Balaban J connectivity index is 1.68. The molecule has 0 radical (unpaired) electrons. The maximum absolute atomic E-state index is 12.6. The summed E-state index contributed by atoms with van der Waals surface area (Å²) in [7, 11) is 0. The van der Waals surface area contributed by atoms with Crippen molar-refractivity contribution in [2.45, 2.75) is 38.3 Å². The van der Waals surface area contributed by atoms with Crippen LogP contribution in [0.5, 0.6) is 0 Å². The van der Waals surface area contributed by atoms with E-state index in [9.17, 15) is 9.59 Å². The van der Waals surface area contributed by atoms with Crippen molar-refractivity contribution in [3.63, 3.8) is 0 Å². The average molecular weight is 307 g/mol. The van der Waals surface area contributed by atoms with Crippen molar-refractivity contribution in [2.75, 3.05) is 19.7 Å². The summed E-state index contributed by atoms with van der Waals surface area (Å²) in [5.41, 5.74) is 5.17. The summed E-state index contributed by atoms with van der Waals surface area (Å²) in [6, 6.07) is 0.0232. The second kappa shape index (κ2) is 6.04. The van der Waals surface area contributed by atoms with E-state index in [1.165, 1.54) is 6.33 Å². The number of amides is 2. The molecule has 0 unspecified atom stereocenters. The monoisotopic (exact) mass is 307 g/mol. The third kappa shape index (κ3) is 2.83. The van der Waals surface area contributed by atoms with Gasteiger partial charge in [-0.2, -0.15) is 0 Å². The van der Waals surface area contributed by atoms with Gasteiger partial charge in [-0.1, -0.05) is 6.92 Å². The Kier molecular flexibility index (Phi) is 4.10. The predicted octanol–water partition coefficient (Wildman–Crippen LogP) is -0.0345. The molecule has 0 aliphatic carbocycles. The first-order chi connectivity index (χ1) is 10.6. The molecule has 2 amide bonds. The van der Waals surface area contributed by atoms with Gasteiger partial charge in [0.05, 0.1) is 6.04 Å². The Bertz CT molecular complexity index is 573. The van der Waals surface area contributed by atoms with Crippen molar-refractivity contribution >= 4 is 11.8 Å². The van der Waals surface area contributed by atoms with Crippen LogP contribution in [0.4, 0.5) is 0 Å². The number of nitrogens with two attached hydrogens (primary N) is 1. The minimum atomic E-state index is -0.643. The summed E-state index contributed by atoms with van der Waals surface area (Å²) in [6.07, 6.45) is 3.90. The Morgan fingerprint density at radius 2 is 2.23 bits per heavy atom. The minimum absolute atomic E-state index is 0.0104. The molecular weight excluding hydrogens is 286 g/mol. The number of likely N-dealkylation sites (tertiary alicyclic amines) is 1. The lowest BCUT2D eigenvalue weighted by Crippen LogP contribution is -2.46. The third-order valence-electron chi connectivity index (χ3n) is 4.44. The molecule has 0 aromatic carbocycles. The van der Waals surface area contributed by atoms with Gasteiger partial charge in [-0.05, 0) is 25.2 Å². The Labute approximate surface area is 128 Å². The molecule has 0 spiro atoms. The number of aromatic nitrogens is 3. The predicted molar refractivity (Wildman–Crippen MR) is 76.9 cm³/mol. The van der Waals surface area contributed by atoms with Gasteiger partial charge in [-0.3, -0.25) is 9.59 Å². The molecule has 0 saturated carbocycles. The normalized spacial score (nSPS) is 28.8. The summed E-state index contributed by atoms with van der Waals surface area (Å²) in [5, 5.41) is 4.10. The zero-order valence-electron chi connectivity index (χ0n) is 12.6. The molecule has 3 heterocycles. The van der Waals surface area contributed by atoms with Crippen LogP contribution in [0.25, 0.3) is 0 Å². The van der Waals surface area contributed by atoms with Crippen molar-refractivity contribution in [1.82, 2.24) is 19.7 Å². The van der Waals surface area contributed by atoms with E-state index in [4.69, 9.17) is 10.5 Å². The van der Waals surface area contributed by atoms with Gasteiger partial charge in [0.1, 0.15) is 12.4 Å². The fraction of sp³-hybridized carbons (Fsp3) is 0.714. The fourth-order valence-electron chi connectivity index (χ4n) is 3.13. The smallest absolute Gasteiger partial charge is 0.288 e. The fourth-order valence-corrected chi connectivity index (χ4v) is 3.13. The maximum Gasteiger partial charge on any atom is 0.288 e. The highest BCUT2D eigenvalue weighted by atomic mass is 16.5. The number of piperidine rings is 1. The molecule has 2 N–H and O–H groups in total. The molecule has 8 nitrogen and oxygen atoms in total. The second-order valence-electron chi connectivity index (χ2n) is 6.05. The number of hydrogen-bond acceptors (Lipinski definition) is 5. The third-order valence-corrected chi connectivity index (χ3v) is 4.44. The number of carbonyl (C=O) groups is 2. The quantitative estimate of drug-likeness (QED) is 0.844. The lowest BCUT2D eigenvalue weighted by Gasteiger charge is -2.34. The van der Waals surface area contributed by atoms with E-state index >= 15 is 0 Å². The molecule has 1 aromatic heterocycles. The molecule has 3 atom stereocenters. The molecule has 2 saturated heterocycles. The van der Waals surface area contributed by atoms with Crippen molar-refractivity contribution in [1.29, 1.82) is 0 Å². The molecule has 2 fully saturated rings. The van der Waals surface area contributed by atoms with Crippen molar-refractivity contribution in [3.8, 4) is 0 Å². The second-order valence-corrected chi connectivity index (χ2v) is 6.05. The van der Waals surface area contributed by atoms with Gasteiger partial charge < -0.3 is 15.4 Å². The molecule has 8 heteroatoms.